The predicted octanol–water partition coefficient (Wildman–Crippen LogP) is 1.89. The monoisotopic (exact) mass is 310 g/mol. The van der Waals surface area contributed by atoms with Crippen molar-refractivity contribution in [3.8, 4) is 0 Å². The second-order valence-electron chi connectivity index (χ2n) is 5.66. The molecular formula is C15H23ClN4O. The van der Waals surface area contributed by atoms with Gasteiger partial charge in [0, 0.05) is 44.3 Å². The van der Waals surface area contributed by atoms with Crippen LogP contribution in [0.25, 0.3) is 0 Å². The summed E-state index contributed by atoms with van der Waals surface area (Å²) in [5.74, 6) is 0.00306. The fourth-order valence-corrected chi connectivity index (χ4v) is 2.55. The molecule has 1 fully saturated rings. The van der Waals surface area contributed by atoms with E-state index in [0.29, 0.717) is 28.9 Å². The molecule has 0 spiro atoms. The topological polar surface area (TPSA) is 61.6 Å². The highest BCUT2D eigenvalue weighted by molar-refractivity contribution is 6.33. The fraction of sp³-hybridized carbons (Fsp3) is 0.533. The fourth-order valence-electron chi connectivity index (χ4n) is 2.43. The first-order chi connectivity index (χ1) is 9.95. The first-order valence-corrected chi connectivity index (χ1v) is 7.61. The zero-order chi connectivity index (χ0) is 15.4. The van der Waals surface area contributed by atoms with Gasteiger partial charge in [-0.1, -0.05) is 11.6 Å². The van der Waals surface area contributed by atoms with Crippen molar-refractivity contribution >= 4 is 28.9 Å². The maximum Gasteiger partial charge on any atom is 0.225 e. The highest BCUT2D eigenvalue weighted by Gasteiger charge is 2.20. The van der Waals surface area contributed by atoms with Crippen molar-refractivity contribution in [1.82, 2.24) is 9.80 Å². The maximum absolute atomic E-state index is 12.0. The molecule has 1 heterocycles. The number of benzene rings is 1. The minimum absolute atomic E-state index is 0.00306. The van der Waals surface area contributed by atoms with Gasteiger partial charge in [0.2, 0.25) is 5.91 Å². The summed E-state index contributed by atoms with van der Waals surface area (Å²) in [6.45, 7) is 6.08. The molecule has 3 N–H and O–H groups in total. The summed E-state index contributed by atoms with van der Waals surface area (Å²) < 4.78 is 0. The van der Waals surface area contributed by atoms with Crippen molar-refractivity contribution < 1.29 is 4.79 Å². The second kappa shape index (κ2) is 7.11. The summed E-state index contributed by atoms with van der Waals surface area (Å²) in [7, 11) is 2.14. The lowest BCUT2D eigenvalue weighted by Gasteiger charge is -2.37. The van der Waals surface area contributed by atoms with Gasteiger partial charge in [-0.25, -0.2) is 0 Å². The molecule has 0 saturated carbocycles. The quantitative estimate of drug-likeness (QED) is 0.834. The largest absolute Gasteiger partial charge is 0.397 e. The number of rotatable bonds is 4. The SMILES string of the molecule is CC1CN(CCC(=O)Nc2ccc(Cl)c(N)c2)CCN1C. The van der Waals surface area contributed by atoms with Crippen LogP contribution in [-0.4, -0.2) is 55.0 Å². The number of halogens is 1. The van der Waals surface area contributed by atoms with Gasteiger partial charge in [0.25, 0.3) is 0 Å². The van der Waals surface area contributed by atoms with Crippen LogP contribution in [0.5, 0.6) is 0 Å². The van der Waals surface area contributed by atoms with Gasteiger partial charge in [-0.2, -0.15) is 0 Å². The average Bonchev–Trinajstić information content (AvgIpc) is 2.44. The van der Waals surface area contributed by atoms with Gasteiger partial charge in [-0.3, -0.25) is 4.79 Å². The molecular weight excluding hydrogens is 288 g/mol. The van der Waals surface area contributed by atoms with Crippen LogP contribution in [0.4, 0.5) is 11.4 Å². The van der Waals surface area contributed by atoms with Crippen molar-refractivity contribution in [1.29, 1.82) is 0 Å². The second-order valence-corrected chi connectivity index (χ2v) is 6.07. The van der Waals surface area contributed by atoms with Crippen LogP contribution in [0.1, 0.15) is 13.3 Å². The van der Waals surface area contributed by atoms with E-state index in [9.17, 15) is 4.79 Å². The van der Waals surface area contributed by atoms with Crippen molar-refractivity contribution in [2.75, 3.05) is 44.3 Å². The molecule has 1 aliphatic heterocycles. The Hall–Kier alpha value is -1.30. The molecule has 1 aromatic rings. The number of nitrogens with two attached hydrogens (primary N) is 1. The lowest BCUT2D eigenvalue weighted by Crippen LogP contribution is -2.50. The number of carbonyl (C=O) groups excluding carboxylic acids is 1. The van der Waals surface area contributed by atoms with Gasteiger partial charge in [-0.05, 0) is 32.2 Å². The molecule has 5 nitrogen and oxygen atoms in total. The van der Waals surface area contributed by atoms with Crippen LogP contribution in [0.2, 0.25) is 5.02 Å². The van der Waals surface area contributed by atoms with E-state index >= 15 is 0 Å². The molecule has 116 valence electrons. The van der Waals surface area contributed by atoms with E-state index in [-0.39, 0.29) is 5.91 Å². The number of hydrogen-bond donors (Lipinski definition) is 2. The number of amides is 1. The molecule has 1 aliphatic rings. The highest BCUT2D eigenvalue weighted by Crippen LogP contribution is 2.22. The number of hydrogen-bond acceptors (Lipinski definition) is 4. The Kier molecular flexibility index (Phi) is 5.45. The zero-order valence-electron chi connectivity index (χ0n) is 12.6. The van der Waals surface area contributed by atoms with Gasteiger partial charge >= 0.3 is 0 Å². The van der Waals surface area contributed by atoms with Gasteiger partial charge in [0.15, 0.2) is 0 Å². The summed E-state index contributed by atoms with van der Waals surface area (Å²) in [6, 6.07) is 5.67. The lowest BCUT2D eigenvalue weighted by molar-refractivity contribution is -0.116. The zero-order valence-corrected chi connectivity index (χ0v) is 13.4. The molecule has 0 aliphatic carbocycles. The minimum atomic E-state index is 0.00306. The molecule has 1 unspecified atom stereocenters. The van der Waals surface area contributed by atoms with Crippen molar-refractivity contribution in [2.45, 2.75) is 19.4 Å². The van der Waals surface area contributed by atoms with Gasteiger partial charge < -0.3 is 20.9 Å². The predicted molar refractivity (Wildman–Crippen MR) is 87.6 cm³/mol. The Morgan fingerprint density at radius 3 is 2.90 bits per heavy atom. The molecule has 2 rings (SSSR count). The van der Waals surface area contributed by atoms with E-state index < -0.39 is 0 Å². The van der Waals surface area contributed by atoms with Crippen LogP contribution in [0.15, 0.2) is 18.2 Å². The molecule has 21 heavy (non-hydrogen) atoms. The minimum Gasteiger partial charge on any atom is -0.397 e. The van der Waals surface area contributed by atoms with E-state index in [0.717, 1.165) is 26.2 Å². The highest BCUT2D eigenvalue weighted by atomic mass is 35.5. The number of nitrogens with zero attached hydrogens (tertiary/aromatic N) is 2. The molecule has 1 aromatic carbocycles. The van der Waals surface area contributed by atoms with Crippen LogP contribution in [-0.2, 0) is 4.79 Å². The van der Waals surface area contributed by atoms with Gasteiger partial charge in [0.1, 0.15) is 0 Å². The summed E-state index contributed by atoms with van der Waals surface area (Å²) in [5, 5.41) is 3.35. The van der Waals surface area contributed by atoms with E-state index in [2.05, 4.69) is 29.1 Å². The van der Waals surface area contributed by atoms with Crippen molar-refractivity contribution in [3.63, 3.8) is 0 Å². The molecule has 1 atom stereocenters. The Morgan fingerprint density at radius 1 is 1.48 bits per heavy atom. The molecule has 1 amide bonds. The molecule has 1 saturated heterocycles. The number of nitrogen functional groups attached to an aromatic ring is 1. The first-order valence-electron chi connectivity index (χ1n) is 7.23. The number of likely N-dealkylation sites (N-methyl/N-ethyl adjacent to an activating group) is 1. The number of carbonyl (C=O) groups is 1. The van der Waals surface area contributed by atoms with E-state index in [4.69, 9.17) is 17.3 Å². The Morgan fingerprint density at radius 2 is 2.24 bits per heavy atom. The van der Waals surface area contributed by atoms with E-state index in [1.807, 2.05) is 0 Å². The molecule has 6 heteroatoms. The maximum atomic E-state index is 12.0. The summed E-state index contributed by atoms with van der Waals surface area (Å²) >= 11 is 5.86. The summed E-state index contributed by atoms with van der Waals surface area (Å²) in [5.41, 5.74) is 6.88. The molecule has 0 bridgehead atoms. The van der Waals surface area contributed by atoms with Crippen LogP contribution in [0.3, 0.4) is 0 Å². The third kappa shape index (κ3) is 4.59. The standard InChI is InChI=1S/C15H23ClN4O/c1-11-10-20(8-7-19(11)2)6-5-15(21)18-12-3-4-13(16)14(17)9-12/h3-4,9,11H,5-8,10,17H2,1-2H3,(H,18,21). The Labute approximate surface area is 131 Å². The normalized spacial score (nSPS) is 20.4. The van der Waals surface area contributed by atoms with Gasteiger partial charge in [-0.15, -0.1) is 0 Å². The Balaban J connectivity index is 1.78. The van der Waals surface area contributed by atoms with Crippen LogP contribution in [0, 0.1) is 0 Å². The van der Waals surface area contributed by atoms with Crippen LogP contribution < -0.4 is 11.1 Å². The van der Waals surface area contributed by atoms with Crippen molar-refractivity contribution in [3.05, 3.63) is 23.2 Å². The first kappa shape index (κ1) is 16.1. The third-order valence-corrected chi connectivity index (χ3v) is 4.32. The van der Waals surface area contributed by atoms with E-state index in [1.165, 1.54) is 0 Å². The van der Waals surface area contributed by atoms with Crippen LogP contribution >= 0.6 is 11.6 Å². The Bertz CT molecular complexity index is 508. The van der Waals surface area contributed by atoms with Crippen molar-refractivity contribution in [2.24, 2.45) is 0 Å². The molecule has 0 radical (unpaired) electrons. The summed E-state index contributed by atoms with van der Waals surface area (Å²) in [6.07, 6.45) is 0.485. The number of anilines is 2. The average molecular weight is 311 g/mol. The van der Waals surface area contributed by atoms with Gasteiger partial charge in [0.05, 0.1) is 10.7 Å². The summed E-state index contributed by atoms with van der Waals surface area (Å²) in [4.78, 5) is 16.6. The van der Waals surface area contributed by atoms with E-state index in [1.54, 1.807) is 18.2 Å². The molecule has 0 aromatic heterocycles. The number of piperazine rings is 1. The lowest BCUT2D eigenvalue weighted by atomic mass is 10.2. The smallest absolute Gasteiger partial charge is 0.225 e. The third-order valence-electron chi connectivity index (χ3n) is 3.98. The number of nitrogens with one attached hydrogen (secondary N) is 1.